The maximum absolute atomic E-state index is 13.3. The Balaban J connectivity index is 1.40. The fourth-order valence-electron chi connectivity index (χ4n) is 6.09. The molecule has 3 aliphatic rings. The second-order valence-electron chi connectivity index (χ2n) is 11.1. The molecule has 1 aromatic rings. The van der Waals surface area contributed by atoms with E-state index in [1.807, 2.05) is 6.07 Å². The summed E-state index contributed by atoms with van der Waals surface area (Å²) in [7, 11) is 0. The molecule has 1 aliphatic heterocycles. The molecule has 1 aromatic carbocycles. The van der Waals surface area contributed by atoms with E-state index in [4.69, 9.17) is 20.8 Å². The zero-order valence-corrected chi connectivity index (χ0v) is 25.8. The quantitative estimate of drug-likeness (QED) is 0.0469. The number of thioether (sulfide) groups is 2. The number of rotatable bonds is 11. The lowest BCUT2D eigenvalue weighted by atomic mass is 9.69. The van der Waals surface area contributed by atoms with Crippen LogP contribution in [0.25, 0.3) is 4.85 Å². The molecule has 0 N–H and O–H groups in total. The first-order valence-corrected chi connectivity index (χ1v) is 16.4. The molecule has 2 fully saturated rings. The minimum Gasteiger partial charge on any atom is -0.463 e. The molecule has 0 radical (unpaired) electrons. The normalized spacial score (nSPS) is 24.4. The molecule has 0 atom stereocenters. The monoisotopic (exact) mass is 606 g/mol. The summed E-state index contributed by atoms with van der Waals surface area (Å²) in [6.45, 7) is 17.3. The molecule has 0 aromatic heterocycles. The third-order valence-corrected chi connectivity index (χ3v) is 11.2. The van der Waals surface area contributed by atoms with Gasteiger partial charge in [0.1, 0.15) is 11.5 Å². The van der Waals surface area contributed by atoms with E-state index in [2.05, 4.69) is 24.9 Å². The number of carbonyl (C=O) groups is 2. The standard InChI is InChI=1S/C33H38N2O5S2/c1-5-22-9-11-23(12-10-22)24-13-15-25(16-14-24)32(37)40-28-18-17-27(39-21(3)8-7-19-38-29(36)6-2)30-31(28)42-33(41-30)26(20-34)35-4/h6,17-18,22-25H,2-3,5,7-16,19H2,1H3/b33-26-. The van der Waals surface area contributed by atoms with Gasteiger partial charge in [0.25, 0.3) is 5.70 Å². The lowest BCUT2D eigenvalue weighted by Crippen LogP contribution is -2.30. The molecule has 1 heterocycles. The summed E-state index contributed by atoms with van der Waals surface area (Å²) in [5.41, 5.74) is -0.0152. The van der Waals surface area contributed by atoms with Crippen molar-refractivity contribution in [2.24, 2.45) is 23.7 Å². The highest BCUT2D eigenvalue weighted by molar-refractivity contribution is 8.24. The van der Waals surface area contributed by atoms with Gasteiger partial charge >= 0.3 is 11.9 Å². The van der Waals surface area contributed by atoms with Crippen molar-refractivity contribution < 1.29 is 23.8 Å². The number of allylic oxidation sites excluding steroid dienone is 2. The van der Waals surface area contributed by atoms with Gasteiger partial charge in [-0.25, -0.2) is 14.9 Å². The topological polar surface area (TPSA) is 90.0 Å². The number of ether oxygens (including phenoxy) is 3. The van der Waals surface area contributed by atoms with E-state index < -0.39 is 5.97 Å². The fourth-order valence-corrected chi connectivity index (χ4v) is 8.56. The first kappa shape index (κ1) is 31.8. The molecular weight excluding hydrogens is 569 g/mol. The Labute approximate surface area is 257 Å². The average molecular weight is 607 g/mol. The van der Waals surface area contributed by atoms with Crippen molar-refractivity contribution in [2.75, 3.05) is 6.61 Å². The minimum absolute atomic E-state index is 0.0152. The van der Waals surface area contributed by atoms with Crippen LogP contribution in [0.4, 0.5) is 0 Å². The molecule has 4 rings (SSSR count). The number of hydrogen-bond donors (Lipinski definition) is 0. The van der Waals surface area contributed by atoms with Crippen molar-refractivity contribution in [1.82, 2.24) is 0 Å². The van der Waals surface area contributed by atoms with E-state index in [1.165, 1.54) is 55.6 Å². The fraction of sp³-hybridized carbons (Fsp3) is 0.515. The van der Waals surface area contributed by atoms with Crippen LogP contribution in [0, 0.1) is 41.6 Å². The number of nitrogens with zero attached hydrogens (tertiary/aromatic N) is 2. The van der Waals surface area contributed by atoms with Crippen LogP contribution in [0.15, 0.2) is 56.9 Å². The molecule has 0 amide bonds. The number of carbonyl (C=O) groups excluding carboxylic acids is 2. The van der Waals surface area contributed by atoms with Gasteiger partial charge in [-0.15, -0.1) is 0 Å². The molecule has 9 heteroatoms. The van der Waals surface area contributed by atoms with Crippen LogP contribution in [0.1, 0.15) is 77.6 Å². The molecule has 2 saturated carbocycles. The maximum atomic E-state index is 13.3. The Morgan fingerprint density at radius 2 is 1.64 bits per heavy atom. The Kier molecular flexibility index (Phi) is 11.6. The summed E-state index contributed by atoms with van der Waals surface area (Å²) in [6, 6.07) is 5.40. The number of esters is 2. The Hall–Kier alpha value is -3.14. The first-order valence-electron chi connectivity index (χ1n) is 14.8. The third kappa shape index (κ3) is 8.02. The smallest absolute Gasteiger partial charge is 0.330 e. The third-order valence-electron chi connectivity index (χ3n) is 8.56. The summed E-state index contributed by atoms with van der Waals surface area (Å²) >= 11 is 2.51. The second kappa shape index (κ2) is 15.4. The summed E-state index contributed by atoms with van der Waals surface area (Å²) < 4.78 is 17.5. The summed E-state index contributed by atoms with van der Waals surface area (Å²) in [4.78, 5) is 29.2. The summed E-state index contributed by atoms with van der Waals surface area (Å²) in [5.74, 6) is 2.99. The Morgan fingerprint density at radius 3 is 2.19 bits per heavy atom. The van der Waals surface area contributed by atoms with Crippen molar-refractivity contribution in [1.29, 1.82) is 5.26 Å². The zero-order chi connectivity index (χ0) is 30.1. The highest BCUT2D eigenvalue weighted by Crippen LogP contribution is 2.59. The number of benzene rings is 1. The highest BCUT2D eigenvalue weighted by atomic mass is 32.2. The van der Waals surface area contributed by atoms with Crippen LogP contribution in [0.3, 0.4) is 0 Å². The predicted molar refractivity (Wildman–Crippen MR) is 164 cm³/mol. The zero-order valence-electron chi connectivity index (χ0n) is 24.2. The van der Waals surface area contributed by atoms with Crippen LogP contribution in [-0.2, 0) is 14.3 Å². The van der Waals surface area contributed by atoms with Gasteiger partial charge in [-0.05, 0) is 74.8 Å². The van der Waals surface area contributed by atoms with Crippen molar-refractivity contribution in [2.45, 2.75) is 87.3 Å². The van der Waals surface area contributed by atoms with E-state index in [0.29, 0.717) is 50.0 Å². The van der Waals surface area contributed by atoms with Crippen molar-refractivity contribution in [3.05, 3.63) is 58.5 Å². The van der Waals surface area contributed by atoms with Crippen LogP contribution in [0.5, 0.6) is 11.5 Å². The van der Waals surface area contributed by atoms with E-state index in [0.717, 1.165) is 43.6 Å². The van der Waals surface area contributed by atoms with E-state index >= 15 is 0 Å². The molecule has 222 valence electrons. The van der Waals surface area contributed by atoms with Gasteiger partial charge in [0, 0.05) is 12.5 Å². The van der Waals surface area contributed by atoms with Crippen molar-refractivity contribution in [3.63, 3.8) is 0 Å². The highest BCUT2D eigenvalue weighted by Gasteiger charge is 2.35. The first-order chi connectivity index (χ1) is 20.4. The number of nitriles is 1. The van der Waals surface area contributed by atoms with Crippen LogP contribution < -0.4 is 9.47 Å². The van der Waals surface area contributed by atoms with Gasteiger partial charge in [0.2, 0.25) is 0 Å². The van der Waals surface area contributed by atoms with Gasteiger partial charge in [0.15, 0.2) is 0 Å². The minimum atomic E-state index is -0.479. The second-order valence-corrected chi connectivity index (χ2v) is 13.4. The van der Waals surface area contributed by atoms with Crippen LogP contribution >= 0.6 is 23.5 Å². The van der Waals surface area contributed by atoms with Crippen LogP contribution in [0.2, 0.25) is 0 Å². The lowest BCUT2D eigenvalue weighted by Gasteiger charge is -2.37. The largest absolute Gasteiger partial charge is 0.463 e. The number of fused-ring (bicyclic) bond motifs is 1. The van der Waals surface area contributed by atoms with Crippen molar-refractivity contribution in [3.8, 4) is 17.6 Å². The van der Waals surface area contributed by atoms with Gasteiger partial charge in [-0.3, -0.25) is 4.79 Å². The van der Waals surface area contributed by atoms with E-state index in [1.54, 1.807) is 12.1 Å². The average Bonchev–Trinajstić information content (AvgIpc) is 3.47. The molecule has 0 bridgehead atoms. The molecular formula is C33H38N2O5S2. The summed E-state index contributed by atoms with van der Waals surface area (Å²) in [6.07, 6.45) is 12.6. The van der Waals surface area contributed by atoms with E-state index in [9.17, 15) is 14.9 Å². The van der Waals surface area contributed by atoms with Gasteiger partial charge < -0.3 is 14.2 Å². The van der Waals surface area contributed by atoms with Gasteiger partial charge in [-0.1, -0.05) is 62.9 Å². The summed E-state index contributed by atoms with van der Waals surface area (Å²) in [5, 5.41) is 9.46. The molecule has 7 nitrogen and oxygen atoms in total. The Morgan fingerprint density at radius 1 is 1.05 bits per heavy atom. The molecule has 2 aliphatic carbocycles. The predicted octanol–water partition coefficient (Wildman–Crippen LogP) is 8.83. The lowest BCUT2D eigenvalue weighted by molar-refractivity contribution is -0.141. The molecule has 0 spiro atoms. The number of hydrogen-bond acceptors (Lipinski definition) is 8. The molecule has 0 saturated heterocycles. The Bertz CT molecular complexity index is 1290. The molecule has 0 unspecified atom stereocenters. The van der Waals surface area contributed by atoms with Crippen molar-refractivity contribution >= 4 is 35.5 Å². The van der Waals surface area contributed by atoms with Gasteiger partial charge in [-0.2, -0.15) is 0 Å². The SMILES string of the molecule is [C-]#[N+]/C(C#N)=C1/Sc2c(OC(=C)CCCOC(=O)C=C)ccc(OC(=O)C3CCC(C4CCC(CC)CC4)CC3)c2S1. The molecule has 42 heavy (non-hydrogen) atoms. The maximum Gasteiger partial charge on any atom is 0.330 e. The van der Waals surface area contributed by atoms with Crippen LogP contribution in [-0.4, -0.2) is 18.5 Å². The van der Waals surface area contributed by atoms with Gasteiger partial charge in [0.05, 0.1) is 45.0 Å². The van der Waals surface area contributed by atoms with E-state index in [-0.39, 0.29) is 24.2 Å².